The van der Waals surface area contributed by atoms with E-state index in [0.717, 1.165) is 6.07 Å². The minimum atomic E-state index is -1.73. The lowest BCUT2D eigenvalue weighted by atomic mass is 10.0. The molecule has 3 aromatic rings. The van der Waals surface area contributed by atoms with Gasteiger partial charge in [0.2, 0.25) is 5.82 Å². The summed E-state index contributed by atoms with van der Waals surface area (Å²) in [7, 11) is 0. The molecule has 0 fully saturated rings. The van der Waals surface area contributed by atoms with Gasteiger partial charge in [-0.1, -0.05) is 0 Å². The Labute approximate surface area is 145 Å². The smallest absolute Gasteiger partial charge is 0.293 e. The molecule has 3 N–H and O–H groups in total. The number of carbonyl (C=O) groups is 1. The number of aromatic hydroxyl groups is 1. The Balaban J connectivity index is 2.11. The van der Waals surface area contributed by atoms with Crippen LogP contribution >= 0.6 is 0 Å². The van der Waals surface area contributed by atoms with Crippen LogP contribution in [0.5, 0.6) is 5.75 Å². The van der Waals surface area contributed by atoms with E-state index >= 15 is 0 Å². The van der Waals surface area contributed by atoms with E-state index in [2.05, 4.69) is 4.98 Å². The van der Waals surface area contributed by atoms with E-state index in [9.17, 15) is 23.1 Å². The van der Waals surface area contributed by atoms with Crippen molar-refractivity contribution in [1.82, 2.24) is 15.0 Å². The van der Waals surface area contributed by atoms with Crippen LogP contribution in [0.2, 0.25) is 0 Å². The van der Waals surface area contributed by atoms with Crippen molar-refractivity contribution in [3.8, 4) is 5.75 Å². The van der Waals surface area contributed by atoms with Crippen LogP contribution < -0.4 is 5.48 Å². The normalized spacial score (nSPS) is 11.1. The fourth-order valence-corrected chi connectivity index (χ4v) is 2.82. The van der Waals surface area contributed by atoms with Gasteiger partial charge in [-0.25, -0.2) is 14.3 Å². The molecule has 0 spiro atoms. The second-order valence-corrected chi connectivity index (χ2v) is 5.64. The highest BCUT2D eigenvalue weighted by Crippen LogP contribution is 2.31. The van der Waals surface area contributed by atoms with Gasteiger partial charge in [-0.3, -0.25) is 15.0 Å². The lowest BCUT2D eigenvalue weighted by molar-refractivity contribution is 0.0701. The number of pyridine rings is 1. The molecule has 0 atom stereocenters. The van der Waals surface area contributed by atoms with Gasteiger partial charge in [0.15, 0.2) is 17.4 Å². The number of nitrogens with one attached hydrogen (secondary N) is 1. The highest BCUT2D eigenvalue weighted by atomic mass is 19.2. The molecule has 0 aliphatic carbocycles. The maximum absolute atomic E-state index is 13.6. The first kappa shape index (κ1) is 17.7. The molecule has 3 rings (SSSR count). The quantitative estimate of drug-likeness (QED) is 0.377. The number of fused-ring (bicyclic) bond motifs is 1. The Hall–Kier alpha value is -3.07. The van der Waals surface area contributed by atoms with Crippen LogP contribution in [-0.4, -0.2) is 25.8 Å². The van der Waals surface area contributed by atoms with Gasteiger partial charge in [0.1, 0.15) is 5.69 Å². The third-order valence-corrected chi connectivity index (χ3v) is 4.12. The van der Waals surface area contributed by atoms with Crippen molar-refractivity contribution in [1.29, 1.82) is 0 Å². The minimum absolute atomic E-state index is 0.0129. The lowest BCUT2D eigenvalue weighted by Crippen LogP contribution is -2.19. The molecule has 1 aromatic carbocycles. The highest BCUT2D eigenvalue weighted by molar-refractivity contribution is 5.95. The van der Waals surface area contributed by atoms with Gasteiger partial charge in [0, 0.05) is 36.3 Å². The zero-order valence-electron chi connectivity index (χ0n) is 13.6. The van der Waals surface area contributed by atoms with Crippen LogP contribution in [0.3, 0.4) is 0 Å². The summed E-state index contributed by atoms with van der Waals surface area (Å²) in [5, 5.41) is 19.1. The molecule has 26 heavy (non-hydrogen) atoms. The van der Waals surface area contributed by atoms with Crippen molar-refractivity contribution >= 4 is 16.8 Å². The number of nitrogens with zero attached hydrogens (tertiary/aromatic N) is 2. The monoisotopic (exact) mass is 365 g/mol. The number of hydrogen-bond donors (Lipinski definition) is 3. The summed E-state index contributed by atoms with van der Waals surface area (Å²) >= 11 is 0. The maximum Gasteiger partial charge on any atom is 0.293 e. The van der Waals surface area contributed by atoms with Gasteiger partial charge in [-0.15, -0.1) is 0 Å². The molecule has 0 bridgehead atoms. The summed E-state index contributed by atoms with van der Waals surface area (Å²) in [5.41, 5.74) is 2.55. The first-order valence-corrected chi connectivity index (χ1v) is 7.64. The van der Waals surface area contributed by atoms with Crippen molar-refractivity contribution in [2.24, 2.45) is 0 Å². The number of benzene rings is 1. The number of aromatic nitrogens is 2. The van der Waals surface area contributed by atoms with Crippen LogP contribution in [-0.2, 0) is 13.0 Å². The number of halogens is 3. The first-order chi connectivity index (χ1) is 12.4. The largest absolute Gasteiger partial charge is 0.505 e. The van der Waals surface area contributed by atoms with Crippen LogP contribution in [0.25, 0.3) is 10.9 Å². The van der Waals surface area contributed by atoms with E-state index in [1.165, 1.54) is 17.7 Å². The van der Waals surface area contributed by atoms with Crippen molar-refractivity contribution in [3.63, 3.8) is 0 Å². The highest BCUT2D eigenvalue weighted by Gasteiger charge is 2.20. The summed E-state index contributed by atoms with van der Waals surface area (Å²) in [6.07, 6.45) is 3.00. The van der Waals surface area contributed by atoms with Gasteiger partial charge < -0.3 is 9.67 Å². The molecular weight excluding hydrogens is 351 g/mol. The van der Waals surface area contributed by atoms with Crippen molar-refractivity contribution < 1.29 is 28.3 Å². The molecule has 9 heteroatoms. The second-order valence-electron chi connectivity index (χ2n) is 5.64. The topological polar surface area (TPSA) is 87.4 Å². The van der Waals surface area contributed by atoms with E-state index in [4.69, 9.17) is 5.21 Å². The summed E-state index contributed by atoms with van der Waals surface area (Å²) in [6.45, 7) is 2.38. The number of aryl methyl sites for hydroxylation is 1. The number of rotatable bonds is 4. The predicted molar refractivity (Wildman–Crippen MR) is 85.4 cm³/mol. The summed E-state index contributed by atoms with van der Waals surface area (Å²) in [6, 6.07) is 2.20. The van der Waals surface area contributed by atoms with E-state index < -0.39 is 29.1 Å². The molecule has 6 nitrogen and oxygen atoms in total. The standard InChI is InChI=1S/C17H14F3N3O3/c1-2-23-7-9(3-8-4-11(18)14(19)15(20)16(8)24)10-6-21-12(5-13(10)23)17(25)22-26/h4-7,24,26H,2-3H2,1H3,(H,22,25). The Morgan fingerprint density at radius 3 is 2.62 bits per heavy atom. The molecule has 2 heterocycles. The number of phenols is 1. The lowest BCUT2D eigenvalue weighted by Gasteiger charge is -2.07. The van der Waals surface area contributed by atoms with Gasteiger partial charge >= 0.3 is 0 Å². The average molecular weight is 365 g/mol. The minimum Gasteiger partial charge on any atom is -0.505 e. The van der Waals surface area contributed by atoms with Crippen molar-refractivity contribution in [2.75, 3.05) is 0 Å². The third-order valence-electron chi connectivity index (χ3n) is 4.12. The molecule has 0 aliphatic heterocycles. The number of hydrogen-bond acceptors (Lipinski definition) is 4. The van der Waals surface area contributed by atoms with Gasteiger partial charge in [0.05, 0.1) is 5.52 Å². The Kier molecular flexibility index (Phi) is 4.56. The Morgan fingerprint density at radius 1 is 1.23 bits per heavy atom. The zero-order chi connectivity index (χ0) is 19.0. The van der Waals surface area contributed by atoms with Gasteiger partial charge in [-0.05, 0) is 24.6 Å². The van der Waals surface area contributed by atoms with Crippen molar-refractivity contribution in [2.45, 2.75) is 19.9 Å². The summed E-state index contributed by atoms with van der Waals surface area (Å²) in [4.78, 5) is 15.5. The summed E-state index contributed by atoms with van der Waals surface area (Å²) < 4.78 is 42.0. The molecule has 2 aromatic heterocycles. The molecule has 1 amide bonds. The molecular formula is C17H14F3N3O3. The molecule has 0 saturated carbocycles. The van der Waals surface area contributed by atoms with Crippen LogP contribution in [0.4, 0.5) is 13.2 Å². The molecule has 0 saturated heterocycles. The van der Waals surface area contributed by atoms with Gasteiger partial charge in [-0.2, -0.15) is 4.39 Å². The number of amides is 1. The fourth-order valence-electron chi connectivity index (χ4n) is 2.82. The van der Waals surface area contributed by atoms with E-state index in [0.29, 0.717) is 23.0 Å². The van der Waals surface area contributed by atoms with E-state index in [1.54, 1.807) is 10.8 Å². The zero-order valence-corrected chi connectivity index (χ0v) is 13.6. The Morgan fingerprint density at radius 2 is 1.96 bits per heavy atom. The molecule has 0 unspecified atom stereocenters. The second kappa shape index (κ2) is 6.68. The maximum atomic E-state index is 13.6. The van der Waals surface area contributed by atoms with Crippen LogP contribution in [0, 0.1) is 17.5 Å². The van der Waals surface area contributed by atoms with Crippen molar-refractivity contribution in [3.05, 3.63) is 58.8 Å². The third kappa shape index (κ3) is 2.86. The molecule has 136 valence electrons. The molecule has 0 aliphatic rings. The fraction of sp³-hybridized carbons (Fsp3) is 0.176. The Bertz CT molecular complexity index is 1020. The SMILES string of the molecule is CCn1cc(Cc2cc(F)c(F)c(F)c2O)c2cnc(C(=O)NO)cc21. The van der Waals surface area contributed by atoms with E-state index in [-0.39, 0.29) is 17.7 Å². The van der Waals surface area contributed by atoms with Gasteiger partial charge in [0.25, 0.3) is 5.91 Å². The predicted octanol–water partition coefficient (Wildman–Crippen LogP) is 2.89. The van der Waals surface area contributed by atoms with Crippen LogP contribution in [0.15, 0.2) is 24.5 Å². The number of carbonyl (C=O) groups excluding carboxylic acids is 1. The van der Waals surface area contributed by atoms with Crippen LogP contribution in [0.1, 0.15) is 28.5 Å². The first-order valence-electron chi connectivity index (χ1n) is 7.64. The number of phenolic OH excluding ortho intramolecular Hbond substituents is 1. The summed E-state index contributed by atoms with van der Waals surface area (Å²) in [5.74, 6) is -6.50. The molecule has 0 radical (unpaired) electrons. The average Bonchev–Trinajstić information content (AvgIpc) is 3.00. The van der Waals surface area contributed by atoms with E-state index in [1.807, 2.05) is 6.92 Å². The number of hydroxylamine groups is 1.